The van der Waals surface area contributed by atoms with Crippen LogP contribution in [-0.4, -0.2) is 32.9 Å². The first kappa shape index (κ1) is 18.5. The number of fused-ring (bicyclic) bond motifs is 1. The van der Waals surface area contributed by atoms with E-state index in [1.807, 2.05) is 18.2 Å². The zero-order chi connectivity index (χ0) is 18.6. The molecule has 3 rings (SSSR count). The van der Waals surface area contributed by atoms with Gasteiger partial charge in [-0.3, -0.25) is 4.79 Å². The highest BCUT2D eigenvalue weighted by Gasteiger charge is 2.26. The molecule has 6 heteroatoms. The van der Waals surface area contributed by atoms with Gasteiger partial charge in [0, 0.05) is 18.0 Å². The van der Waals surface area contributed by atoms with Crippen molar-refractivity contribution in [1.29, 1.82) is 0 Å². The number of carbonyl (C=O) groups is 1. The number of nitrogens with one attached hydrogen (secondary N) is 1. The molecule has 26 heavy (non-hydrogen) atoms. The predicted octanol–water partition coefficient (Wildman–Crippen LogP) is 3.17. The fourth-order valence-corrected chi connectivity index (χ4v) is 3.62. The Bertz CT molecular complexity index is 892. The second kappa shape index (κ2) is 7.91. The molecule has 138 valence electrons. The summed E-state index contributed by atoms with van der Waals surface area (Å²) in [5.74, 6) is 0.332. The zero-order valence-electron chi connectivity index (χ0n) is 14.8. The molecule has 0 saturated heterocycles. The number of rotatable bonds is 6. The number of aryl methyl sites for hydroxylation is 1. The van der Waals surface area contributed by atoms with Crippen molar-refractivity contribution in [2.24, 2.45) is 0 Å². The zero-order valence-corrected chi connectivity index (χ0v) is 15.6. The van der Waals surface area contributed by atoms with Crippen LogP contribution in [0, 0.1) is 0 Å². The van der Waals surface area contributed by atoms with Crippen LogP contribution < -0.4 is 10.1 Å². The third-order valence-electron chi connectivity index (χ3n) is 4.51. The molecule has 0 aliphatic heterocycles. The number of amides is 1. The lowest BCUT2D eigenvalue weighted by Crippen LogP contribution is -2.24. The topological polar surface area (TPSA) is 72.5 Å². The molecule has 0 unspecified atom stereocenters. The molecular formula is C20H23NO4S. The summed E-state index contributed by atoms with van der Waals surface area (Å²) in [7, 11) is -3.06. The van der Waals surface area contributed by atoms with E-state index in [1.165, 1.54) is 11.8 Å². The number of carbonyl (C=O) groups excluding carboxylic acids is 1. The Morgan fingerprint density at radius 1 is 1.19 bits per heavy atom. The van der Waals surface area contributed by atoms with E-state index >= 15 is 0 Å². The Labute approximate surface area is 154 Å². The molecule has 0 bridgehead atoms. The van der Waals surface area contributed by atoms with E-state index in [0.717, 1.165) is 24.8 Å². The molecular weight excluding hydrogens is 350 g/mol. The minimum Gasteiger partial charge on any atom is -0.492 e. The van der Waals surface area contributed by atoms with Crippen LogP contribution in [0.5, 0.6) is 5.75 Å². The van der Waals surface area contributed by atoms with Crippen molar-refractivity contribution in [3.8, 4) is 5.75 Å². The normalized spacial score (nSPS) is 16.6. The molecule has 0 saturated carbocycles. The van der Waals surface area contributed by atoms with Crippen LogP contribution in [0.2, 0.25) is 0 Å². The molecule has 0 heterocycles. The Morgan fingerprint density at radius 3 is 2.81 bits per heavy atom. The van der Waals surface area contributed by atoms with Crippen LogP contribution in [0.1, 0.15) is 29.9 Å². The average Bonchev–Trinajstić information content (AvgIpc) is 2.60. The van der Waals surface area contributed by atoms with Crippen molar-refractivity contribution in [3.05, 3.63) is 59.7 Å². The van der Waals surface area contributed by atoms with Crippen LogP contribution in [-0.2, 0) is 21.1 Å². The molecule has 1 atom stereocenters. The largest absolute Gasteiger partial charge is 0.492 e. The third kappa shape index (κ3) is 4.85. The Morgan fingerprint density at radius 2 is 2.00 bits per heavy atom. The summed E-state index contributed by atoms with van der Waals surface area (Å²) >= 11 is 0. The average molecular weight is 373 g/mol. The number of anilines is 1. The van der Waals surface area contributed by atoms with Crippen molar-refractivity contribution in [3.63, 3.8) is 0 Å². The molecule has 0 radical (unpaired) electrons. The minimum atomic E-state index is -3.06. The highest BCUT2D eigenvalue weighted by atomic mass is 32.2. The van der Waals surface area contributed by atoms with Gasteiger partial charge in [0.15, 0.2) is 9.84 Å². The van der Waals surface area contributed by atoms with Crippen molar-refractivity contribution in [1.82, 2.24) is 0 Å². The highest BCUT2D eigenvalue weighted by Crippen LogP contribution is 2.32. The maximum atomic E-state index is 12.8. The molecule has 1 aliphatic rings. The van der Waals surface area contributed by atoms with Crippen LogP contribution in [0.4, 0.5) is 5.69 Å². The van der Waals surface area contributed by atoms with E-state index < -0.39 is 9.84 Å². The fourth-order valence-electron chi connectivity index (χ4n) is 3.23. The Kier molecular flexibility index (Phi) is 5.61. The summed E-state index contributed by atoms with van der Waals surface area (Å²) in [4.78, 5) is 12.8. The first-order valence-corrected chi connectivity index (χ1v) is 10.8. The standard InChI is InChI=1S/C20H23NO4S/c1-26(23,24)13-12-25-17-9-5-8-16(14-17)21-20(22)19-11-4-7-15-6-2-3-10-18(15)19/h2-3,5-6,8-10,14,19H,4,7,11-13H2,1H3,(H,21,22)/t19-/m0/s1. The third-order valence-corrected chi connectivity index (χ3v) is 5.42. The second-order valence-corrected chi connectivity index (χ2v) is 8.90. The van der Waals surface area contributed by atoms with Crippen molar-refractivity contribution in [2.75, 3.05) is 23.9 Å². The minimum absolute atomic E-state index is 0.0227. The molecule has 1 aliphatic carbocycles. The number of sulfone groups is 1. The van der Waals surface area contributed by atoms with E-state index in [4.69, 9.17) is 4.74 Å². The monoisotopic (exact) mass is 373 g/mol. The van der Waals surface area contributed by atoms with Gasteiger partial charge in [0.2, 0.25) is 5.91 Å². The summed E-state index contributed by atoms with van der Waals surface area (Å²) in [6.45, 7) is 0.0895. The van der Waals surface area contributed by atoms with Gasteiger partial charge in [-0.1, -0.05) is 30.3 Å². The molecule has 1 amide bonds. The maximum absolute atomic E-state index is 12.8. The summed E-state index contributed by atoms with van der Waals surface area (Å²) in [6.07, 6.45) is 4.04. The lowest BCUT2D eigenvalue weighted by atomic mass is 9.82. The summed E-state index contributed by atoms with van der Waals surface area (Å²) in [5, 5.41) is 2.96. The number of hydrogen-bond donors (Lipinski definition) is 1. The van der Waals surface area contributed by atoms with Crippen LogP contribution in [0.15, 0.2) is 48.5 Å². The lowest BCUT2D eigenvalue weighted by Gasteiger charge is -2.24. The van der Waals surface area contributed by atoms with E-state index in [9.17, 15) is 13.2 Å². The van der Waals surface area contributed by atoms with Crippen molar-refractivity contribution >= 4 is 21.4 Å². The van der Waals surface area contributed by atoms with E-state index in [0.29, 0.717) is 11.4 Å². The van der Waals surface area contributed by atoms with Gasteiger partial charge in [-0.15, -0.1) is 0 Å². The van der Waals surface area contributed by atoms with E-state index in [-0.39, 0.29) is 24.2 Å². The SMILES string of the molecule is CS(=O)(=O)CCOc1cccc(NC(=O)[C@H]2CCCc3ccccc32)c1. The first-order chi connectivity index (χ1) is 12.4. The Hall–Kier alpha value is -2.34. The predicted molar refractivity (Wildman–Crippen MR) is 102 cm³/mol. The molecule has 0 fully saturated rings. The van der Waals surface area contributed by atoms with E-state index in [2.05, 4.69) is 11.4 Å². The summed E-state index contributed by atoms with van der Waals surface area (Å²) < 4.78 is 27.8. The lowest BCUT2D eigenvalue weighted by molar-refractivity contribution is -0.117. The molecule has 5 nitrogen and oxygen atoms in total. The van der Waals surface area contributed by atoms with Crippen LogP contribution in [0.25, 0.3) is 0 Å². The maximum Gasteiger partial charge on any atom is 0.231 e. The van der Waals surface area contributed by atoms with Gasteiger partial charge in [-0.05, 0) is 42.5 Å². The van der Waals surface area contributed by atoms with Gasteiger partial charge >= 0.3 is 0 Å². The summed E-state index contributed by atoms with van der Waals surface area (Å²) in [6, 6.07) is 15.1. The molecule has 0 aromatic heterocycles. The van der Waals surface area contributed by atoms with Gasteiger partial charge in [0.25, 0.3) is 0 Å². The van der Waals surface area contributed by atoms with Gasteiger partial charge in [0.05, 0.1) is 11.7 Å². The van der Waals surface area contributed by atoms with Crippen molar-refractivity contribution in [2.45, 2.75) is 25.2 Å². The van der Waals surface area contributed by atoms with Gasteiger partial charge < -0.3 is 10.1 Å². The van der Waals surface area contributed by atoms with Crippen molar-refractivity contribution < 1.29 is 17.9 Å². The van der Waals surface area contributed by atoms with E-state index in [1.54, 1.807) is 24.3 Å². The van der Waals surface area contributed by atoms with Gasteiger partial charge in [-0.2, -0.15) is 0 Å². The molecule has 1 N–H and O–H groups in total. The van der Waals surface area contributed by atoms with Gasteiger partial charge in [0.1, 0.15) is 12.4 Å². The highest BCUT2D eigenvalue weighted by molar-refractivity contribution is 7.90. The number of benzene rings is 2. The summed E-state index contributed by atoms with van der Waals surface area (Å²) in [5.41, 5.74) is 3.00. The second-order valence-electron chi connectivity index (χ2n) is 6.64. The number of hydrogen-bond acceptors (Lipinski definition) is 4. The van der Waals surface area contributed by atoms with Crippen LogP contribution in [0.3, 0.4) is 0 Å². The molecule has 0 spiro atoms. The van der Waals surface area contributed by atoms with Gasteiger partial charge in [-0.25, -0.2) is 8.42 Å². The van der Waals surface area contributed by atoms with Crippen LogP contribution >= 0.6 is 0 Å². The molecule has 2 aromatic rings. The fraction of sp³-hybridized carbons (Fsp3) is 0.350. The smallest absolute Gasteiger partial charge is 0.231 e. The Balaban J connectivity index is 1.66. The quantitative estimate of drug-likeness (QED) is 0.844. The first-order valence-electron chi connectivity index (χ1n) is 8.72. The number of ether oxygens (including phenoxy) is 1. The molecule has 2 aromatic carbocycles.